The molecule has 0 aliphatic rings. The van der Waals surface area contributed by atoms with E-state index in [9.17, 15) is 4.79 Å². The summed E-state index contributed by atoms with van der Waals surface area (Å²) in [4.78, 5) is 16.4. The molecule has 6 heteroatoms. The van der Waals surface area contributed by atoms with Crippen molar-refractivity contribution in [2.45, 2.75) is 6.92 Å². The Bertz CT molecular complexity index is 627. The number of hydrogen-bond donors (Lipinski definition) is 2. The maximum absolute atomic E-state index is 12.3. The van der Waals surface area contributed by atoms with Crippen molar-refractivity contribution in [3.05, 3.63) is 42.1 Å². The number of methoxy groups -OCH3 is 1. The molecule has 0 saturated carbocycles. The van der Waals surface area contributed by atoms with Crippen molar-refractivity contribution in [2.24, 2.45) is 0 Å². The van der Waals surface area contributed by atoms with Crippen LogP contribution in [0.2, 0.25) is 0 Å². The summed E-state index contributed by atoms with van der Waals surface area (Å²) in [5.41, 5.74) is 7.04. The Morgan fingerprint density at radius 2 is 2.14 bits per heavy atom. The van der Waals surface area contributed by atoms with Crippen LogP contribution >= 0.6 is 0 Å². The molecule has 6 nitrogen and oxygen atoms in total. The third kappa shape index (κ3) is 3.42. The summed E-state index contributed by atoms with van der Waals surface area (Å²) in [5.74, 6) is 0.578. The molecule has 0 aliphatic carbocycles. The van der Waals surface area contributed by atoms with Gasteiger partial charge in [0.1, 0.15) is 11.3 Å². The van der Waals surface area contributed by atoms with Crippen molar-refractivity contribution in [3.8, 4) is 11.6 Å². The molecule has 0 saturated heterocycles. The zero-order valence-electron chi connectivity index (χ0n) is 11.9. The van der Waals surface area contributed by atoms with Gasteiger partial charge >= 0.3 is 0 Å². The van der Waals surface area contributed by atoms with Crippen LogP contribution in [0.5, 0.6) is 11.6 Å². The number of benzene rings is 1. The number of anilines is 2. The number of nitrogen functional groups attached to an aromatic ring is 1. The zero-order chi connectivity index (χ0) is 15.2. The molecule has 1 aromatic carbocycles. The summed E-state index contributed by atoms with van der Waals surface area (Å²) >= 11 is 0. The minimum atomic E-state index is -0.351. The highest BCUT2D eigenvalue weighted by molar-refractivity contribution is 6.09. The second-order valence-corrected chi connectivity index (χ2v) is 4.20. The quantitative estimate of drug-likeness (QED) is 0.824. The first-order valence-corrected chi connectivity index (χ1v) is 6.48. The number of nitrogens with one attached hydrogen (secondary N) is 1. The van der Waals surface area contributed by atoms with Crippen molar-refractivity contribution < 1.29 is 14.3 Å². The lowest BCUT2D eigenvalue weighted by Crippen LogP contribution is -2.15. The van der Waals surface area contributed by atoms with Gasteiger partial charge in [-0.3, -0.25) is 4.79 Å². The first-order valence-electron chi connectivity index (χ1n) is 6.48. The van der Waals surface area contributed by atoms with E-state index in [0.29, 0.717) is 35.2 Å². The van der Waals surface area contributed by atoms with Gasteiger partial charge in [0.2, 0.25) is 5.88 Å². The minimum absolute atomic E-state index is 0.300. The second-order valence-electron chi connectivity index (χ2n) is 4.20. The normalized spacial score (nSPS) is 10.0. The van der Waals surface area contributed by atoms with Crippen LogP contribution < -0.4 is 20.5 Å². The maximum atomic E-state index is 12.3. The van der Waals surface area contributed by atoms with Crippen LogP contribution in [0.3, 0.4) is 0 Å². The van der Waals surface area contributed by atoms with Gasteiger partial charge in [-0.05, 0) is 25.1 Å². The Hall–Kier alpha value is -2.76. The van der Waals surface area contributed by atoms with Gasteiger partial charge in [-0.1, -0.05) is 6.07 Å². The van der Waals surface area contributed by atoms with Crippen LogP contribution in [-0.4, -0.2) is 24.6 Å². The Morgan fingerprint density at radius 3 is 2.76 bits per heavy atom. The van der Waals surface area contributed by atoms with Crippen LogP contribution in [0.1, 0.15) is 17.3 Å². The Morgan fingerprint density at radius 1 is 1.33 bits per heavy atom. The van der Waals surface area contributed by atoms with E-state index in [1.165, 1.54) is 13.3 Å². The van der Waals surface area contributed by atoms with Crippen molar-refractivity contribution in [1.29, 1.82) is 0 Å². The number of amides is 1. The number of aromatic nitrogens is 1. The van der Waals surface area contributed by atoms with Gasteiger partial charge in [0.15, 0.2) is 0 Å². The fraction of sp³-hybridized carbons (Fsp3) is 0.200. The molecule has 2 rings (SSSR count). The molecular formula is C15H17N3O3. The molecule has 0 unspecified atom stereocenters. The lowest BCUT2D eigenvalue weighted by atomic mass is 10.1. The molecule has 110 valence electrons. The standard InChI is InChI=1S/C15H17N3O3/c1-3-21-13-8-7-10(9-17-13)18-15(19)14-11(16)5-4-6-12(14)20-2/h4-9H,3,16H2,1-2H3,(H,18,19). The van der Waals surface area contributed by atoms with E-state index in [-0.39, 0.29) is 5.91 Å². The third-order valence-corrected chi connectivity index (χ3v) is 2.79. The van der Waals surface area contributed by atoms with Crippen molar-refractivity contribution >= 4 is 17.3 Å². The molecule has 1 heterocycles. The van der Waals surface area contributed by atoms with Crippen LogP contribution in [0.25, 0.3) is 0 Å². The molecular weight excluding hydrogens is 270 g/mol. The molecule has 21 heavy (non-hydrogen) atoms. The van der Waals surface area contributed by atoms with Crippen LogP contribution in [0.4, 0.5) is 11.4 Å². The molecule has 0 bridgehead atoms. The van der Waals surface area contributed by atoms with Crippen molar-refractivity contribution in [3.63, 3.8) is 0 Å². The summed E-state index contributed by atoms with van der Waals surface area (Å²) in [5, 5.41) is 2.73. The van der Waals surface area contributed by atoms with Gasteiger partial charge in [0.05, 0.1) is 25.6 Å². The minimum Gasteiger partial charge on any atom is -0.496 e. The predicted octanol–water partition coefficient (Wildman–Crippen LogP) is 2.32. The summed E-state index contributed by atoms with van der Waals surface area (Å²) < 4.78 is 10.4. The number of nitrogens with two attached hydrogens (primary N) is 1. The Kier molecular flexibility index (Phi) is 4.61. The number of carbonyl (C=O) groups excluding carboxylic acids is 1. The molecule has 0 fully saturated rings. The number of carbonyl (C=O) groups is 1. The average Bonchev–Trinajstić information content (AvgIpc) is 2.49. The van der Waals surface area contributed by atoms with Gasteiger partial charge in [0, 0.05) is 11.8 Å². The summed E-state index contributed by atoms with van der Waals surface area (Å²) in [6.45, 7) is 2.41. The number of hydrogen-bond acceptors (Lipinski definition) is 5. The zero-order valence-corrected chi connectivity index (χ0v) is 11.9. The number of ether oxygens (including phenoxy) is 2. The van der Waals surface area contributed by atoms with Crippen molar-refractivity contribution in [1.82, 2.24) is 4.98 Å². The van der Waals surface area contributed by atoms with Gasteiger partial charge in [-0.15, -0.1) is 0 Å². The highest BCUT2D eigenvalue weighted by atomic mass is 16.5. The molecule has 0 aliphatic heterocycles. The molecule has 1 amide bonds. The van der Waals surface area contributed by atoms with Crippen LogP contribution in [-0.2, 0) is 0 Å². The first kappa shape index (κ1) is 14.6. The molecule has 2 aromatic rings. The fourth-order valence-electron chi connectivity index (χ4n) is 1.84. The van der Waals surface area contributed by atoms with E-state index in [1.807, 2.05) is 6.92 Å². The van der Waals surface area contributed by atoms with E-state index in [0.717, 1.165) is 0 Å². The van der Waals surface area contributed by atoms with Crippen LogP contribution in [0.15, 0.2) is 36.5 Å². The van der Waals surface area contributed by atoms with Crippen molar-refractivity contribution in [2.75, 3.05) is 24.8 Å². The first-order chi connectivity index (χ1) is 10.2. The molecule has 3 N–H and O–H groups in total. The summed E-state index contributed by atoms with van der Waals surface area (Å²) in [7, 11) is 1.49. The van der Waals surface area contributed by atoms with Gasteiger partial charge < -0.3 is 20.5 Å². The maximum Gasteiger partial charge on any atom is 0.261 e. The summed E-state index contributed by atoms with van der Waals surface area (Å²) in [6, 6.07) is 8.45. The smallest absolute Gasteiger partial charge is 0.261 e. The second kappa shape index (κ2) is 6.60. The van der Waals surface area contributed by atoms with E-state index in [1.54, 1.807) is 30.3 Å². The van der Waals surface area contributed by atoms with Gasteiger partial charge in [-0.25, -0.2) is 4.98 Å². The lowest BCUT2D eigenvalue weighted by Gasteiger charge is -2.11. The highest BCUT2D eigenvalue weighted by Gasteiger charge is 2.16. The largest absolute Gasteiger partial charge is 0.496 e. The third-order valence-electron chi connectivity index (χ3n) is 2.79. The predicted molar refractivity (Wildman–Crippen MR) is 80.8 cm³/mol. The van der Waals surface area contributed by atoms with E-state index in [4.69, 9.17) is 15.2 Å². The average molecular weight is 287 g/mol. The van der Waals surface area contributed by atoms with E-state index >= 15 is 0 Å². The molecule has 0 atom stereocenters. The van der Waals surface area contributed by atoms with E-state index < -0.39 is 0 Å². The lowest BCUT2D eigenvalue weighted by molar-refractivity contribution is 0.102. The Labute approximate surface area is 122 Å². The fourth-order valence-corrected chi connectivity index (χ4v) is 1.84. The van der Waals surface area contributed by atoms with Gasteiger partial charge in [0.25, 0.3) is 5.91 Å². The monoisotopic (exact) mass is 287 g/mol. The van der Waals surface area contributed by atoms with Crippen LogP contribution in [0, 0.1) is 0 Å². The Balaban J connectivity index is 2.18. The van der Waals surface area contributed by atoms with Gasteiger partial charge in [-0.2, -0.15) is 0 Å². The molecule has 0 radical (unpaired) electrons. The number of nitrogens with zero attached hydrogens (tertiary/aromatic N) is 1. The summed E-state index contributed by atoms with van der Waals surface area (Å²) in [6.07, 6.45) is 1.52. The highest BCUT2D eigenvalue weighted by Crippen LogP contribution is 2.25. The number of rotatable bonds is 5. The number of pyridine rings is 1. The topological polar surface area (TPSA) is 86.5 Å². The SMILES string of the molecule is CCOc1ccc(NC(=O)c2c(N)cccc2OC)cn1. The molecule has 1 aromatic heterocycles. The molecule has 0 spiro atoms. The van der Waals surface area contributed by atoms with E-state index in [2.05, 4.69) is 10.3 Å².